The van der Waals surface area contributed by atoms with Crippen molar-refractivity contribution in [3.8, 4) is 0 Å². The van der Waals surface area contributed by atoms with Gasteiger partial charge in [0.1, 0.15) is 5.82 Å². The van der Waals surface area contributed by atoms with Crippen LogP contribution in [-0.2, 0) is 12.6 Å². The standard InChI is InChI=1S/C19H21ClF3N3/c1-11-10-24-15(16-17(20)25-18(26(11)16)13-5-6-13)9-4-12-2-7-14(8-3-12)19(21,22)23/h2-3,7-8,11,13,15,24H,4-6,9-10H2,1H3. The SMILES string of the molecule is CC1CNC(CCc2ccc(C(F)(F)F)cc2)c2c(Cl)nc(C3CC3)n21. The maximum atomic E-state index is 12.7. The summed E-state index contributed by atoms with van der Waals surface area (Å²) in [6, 6.07) is 5.79. The van der Waals surface area contributed by atoms with Gasteiger partial charge in [0, 0.05) is 18.5 Å². The van der Waals surface area contributed by atoms with E-state index in [1.54, 1.807) is 12.1 Å². The van der Waals surface area contributed by atoms with Gasteiger partial charge < -0.3 is 9.88 Å². The first-order valence-electron chi connectivity index (χ1n) is 9.01. The van der Waals surface area contributed by atoms with Crippen molar-refractivity contribution in [2.75, 3.05) is 6.54 Å². The number of hydrogen-bond donors (Lipinski definition) is 1. The molecule has 1 fully saturated rings. The van der Waals surface area contributed by atoms with Crippen molar-refractivity contribution in [2.45, 2.75) is 56.8 Å². The van der Waals surface area contributed by atoms with Gasteiger partial charge in [-0.05, 0) is 50.3 Å². The van der Waals surface area contributed by atoms with Crippen molar-refractivity contribution in [3.05, 3.63) is 52.1 Å². The molecule has 3 nitrogen and oxygen atoms in total. The molecular weight excluding hydrogens is 363 g/mol. The first-order chi connectivity index (χ1) is 12.3. The molecule has 0 radical (unpaired) electrons. The number of nitrogens with one attached hydrogen (secondary N) is 1. The van der Waals surface area contributed by atoms with Gasteiger partial charge in [-0.15, -0.1) is 0 Å². The fourth-order valence-corrected chi connectivity index (χ4v) is 4.06. The Labute approximate surface area is 155 Å². The van der Waals surface area contributed by atoms with E-state index in [9.17, 15) is 13.2 Å². The molecule has 2 heterocycles. The van der Waals surface area contributed by atoms with E-state index >= 15 is 0 Å². The Kier molecular flexibility index (Phi) is 4.51. The van der Waals surface area contributed by atoms with Crippen LogP contribution in [0.3, 0.4) is 0 Å². The summed E-state index contributed by atoms with van der Waals surface area (Å²) in [6.07, 6.45) is -0.497. The Balaban J connectivity index is 1.51. The Morgan fingerprint density at radius 1 is 1.23 bits per heavy atom. The third-order valence-corrected chi connectivity index (χ3v) is 5.58. The Morgan fingerprint density at radius 3 is 2.54 bits per heavy atom. The molecule has 2 atom stereocenters. The maximum absolute atomic E-state index is 12.7. The molecule has 140 valence electrons. The van der Waals surface area contributed by atoms with Gasteiger partial charge in [-0.2, -0.15) is 13.2 Å². The van der Waals surface area contributed by atoms with E-state index in [0.29, 0.717) is 23.5 Å². The van der Waals surface area contributed by atoms with Gasteiger partial charge in [0.05, 0.1) is 17.3 Å². The fraction of sp³-hybridized carbons (Fsp3) is 0.526. The van der Waals surface area contributed by atoms with Crippen LogP contribution in [0.4, 0.5) is 13.2 Å². The van der Waals surface area contributed by atoms with Crippen LogP contribution in [0.2, 0.25) is 5.15 Å². The minimum absolute atomic E-state index is 0.0704. The lowest BCUT2D eigenvalue weighted by molar-refractivity contribution is -0.137. The highest BCUT2D eigenvalue weighted by molar-refractivity contribution is 6.30. The van der Waals surface area contributed by atoms with Gasteiger partial charge in [0.25, 0.3) is 0 Å². The molecular formula is C19H21ClF3N3. The summed E-state index contributed by atoms with van der Waals surface area (Å²) in [6.45, 7) is 3.00. The zero-order chi connectivity index (χ0) is 18.5. The number of alkyl halides is 3. The molecule has 7 heteroatoms. The van der Waals surface area contributed by atoms with Gasteiger partial charge in [-0.25, -0.2) is 4.98 Å². The normalized spacial score (nSPS) is 23.1. The fourth-order valence-electron chi connectivity index (χ4n) is 3.75. The molecule has 0 saturated heterocycles. The quantitative estimate of drug-likeness (QED) is 0.779. The summed E-state index contributed by atoms with van der Waals surface area (Å²) in [5, 5.41) is 4.08. The van der Waals surface area contributed by atoms with Crippen LogP contribution in [-0.4, -0.2) is 16.1 Å². The minimum atomic E-state index is -4.29. The van der Waals surface area contributed by atoms with Gasteiger partial charge in [0.15, 0.2) is 5.15 Å². The molecule has 0 spiro atoms. The van der Waals surface area contributed by atoms with E-state index in [4.69, 9.17) is 11.6 Å². The van der Waals surface area contributed by atoms with Crippen LogP contribution in [0, 0.1) is 0 Å². The van der Waals surface area contributed by atoms with Crippen molar-refractivity contribution in [3.63, 3.8) is 0 Å². The first kappa shape index (κ1) is 17.9. The summed E-state index contributed by atoms with van der Waals surface area (Å²) in [5.41, 5.74) is 1.31. The molecule has 2 aromatic rings. The highest BCUT2D eigenvalue weighted by Crippen LogP contribution is 2.44. The van der Waals surface area contributed by atoms with E-state index in [1.165, 1.54) is 12.8 Å². The maximum Gasteiger partial charge on any atom is 0.416 e. The summed E-state index contributed by atoms with van der Waals surface area (Å²) in [7, 11) is 0. The molecule has 1 aliphatic carbocycles. The second-order valence-electron chi connectivity index (χ2n) is 7.33. The number of imidazole rings is 1. The minimum Gasteiger partial charge on any atom is -0.325 e. The number of aryl methyl sites for hydroxylation is 1. The molecule has 2 unspecified atom stereocenters. The average Bonchev–Trinajstić information content (AvgIpc) is 3.38. The Morgan fingerprint density at radius 2 is 1.92 bits per heavy atom. The van der Waals surface area contributed by atoms with Crippen molar-refractivity contribution in [1.82, 2.24) is 14.9 Å². The van der Waals surface area contributed by atoms with E-state index in [0.717, 1.165) is 42.2 Å². The first-order valence-corrected chi connectivity index (χ1v) is 9.39. The molecule has 1 aromatic carbocycles. The molecule has 1 aromatic heterocycles. The number of nitrogens with zero attached hydrogens (tertiary/aromatic N) is 2. The largest absolute Gasteiger partial charge is 0.416 e. The summed E-state index contributed by atoms with van der Waals surface area (Å²) in [5.74, 6) is 1.62. The number of fused-ring (bicyclic) bond motifs is 1. The zero-order valence-corrected chi connectivity index (χ0v) is 15.2. The predicted octanol–water partition coefficient (Wildman–Crippen LogP) is 5.27. The van der Waals surface area contributed by atoms with Gasteiger partial charge in [-0.3, -0.25) is 0 Å². The van der Waals surface area contributed by atoms with E-state index < -0.39 is 11.7 Å². The molecule has 1 N–H and O–H groups in total. The van der Waals surface area contributed by atoms with E-state index in [1.807, 2.05) is 0 Å². The van der Waals surface area contributed by atoms with E-state index in [2.05, 4.69) is 21.8 Å². The molecule has 0 bridgehead atoms. The lowest BCUT2D eigenvalue weighted by atomic mass is 10.00. The molecule has 0 amide bonds. The van der Waals surface area contributed by atoms with Crippen LogP contribution in [0.25, 0.3) is 0 Å². The molecule has 26 heavy (non-hydrogen) atoms. The highest BCUT2D eigenvalue weighted by Gasteiger charge is 2.36. The van der Waals surface area contributed by atoms with E-state index in [-0.39, 0.29) is 6.04 Å². The molecule has 2 aliphatic rings. The predicted molar refractivity (Wildman–Crippen MR) is 94.4 cm³/mol. The van der Waals surface area contributed by atoms with Crippen molar-refractivity contribution in [2.24, 2.45) is 0 Å². The summed E-state index contributed by atoms with van der Waals surface area (Å²) >= 11 is 6.45. The third-order valence-electron chi connectivity index (χ3n) is 5.31. The number of rotatable bonds is 4. The van der Waals surface area contributed by atoms with Crippen LogP contribution in [0.15, 0.2) is 24.3 Å². The smallest absolute Gasteiger partial charge is 0.325 e. The monoisotopic (exact) mass is 383 g/mol. The number of aromatic nitrogens is 2. The molecule has 1 saturated carbocycles. The van der Waals surface area contributed by atoms with Gasteiger partial charge in [0.2, 0.25) is 0 Å². The van der Waals surface area contributed by atoms with Gasteiger partial charge in [-0.1, -0.05) is 23.7 Å². The van der Waals surface area contributed by atoms with Crippen LogP contribution in [0.5, 0.6) is 0 Å². The molecule has 4 rings (SSSR count). The number of benzene rings is 1. The Hall–Kier alpha value is -1.53. The second-order valence-corrected chi connectivity index (χ2v) is 7.69. The zero-order valence-electron chi connectivity index (χ0n) is 14.5. The van der Waals surface area contributed by atoms with Crippen LogP contribution in [0.1, 0.15) is 66.8 Å². The average molecular weight is 384 g/mol. The molecule has 1 aliphatic heterocycles. The van der Waals surface area contributed by atoms with Gasteiger partial charge >= 0.3 is 6.18 Å². The second kappa shape index (κ2) is 6.57. The number of hydrogen-bond acceptors (Lipinski definition) is 2. The van der Waals surface area contributed by atoms with Crippen molar-refractivity contribution >= 4 is 11.6 Å². The summed E-state index contributed by atoms with van der Waals surface area (Å²) in [4.78, 5) is 4.61. The lowest BCUT2D eigenvalue weighted by Gasteiger charge is -2.32. The number of halogens is 4. The summed E-state index contributed by atoms with van der Waals surface area (Å²) < 4.78 is 40.3. The van der Waals surface area contributed by atoms with Crippen LogP contribution >= 0.6 is 11.6 Å². The highest BCUT2D eigenvalue weighted by atomic mass is 35.5. The van der Waals surface area contributed by atoms with Crippen molar-refractivity contribution in [1.29, 1.82) is 0 Å². The third kappa shape index (κ3) is 3.37. The topological polar surface area (TPSA) is 29.9 Å². The van der Waals surface area contributed by atoms with Crippen molar-refractivity contribution < 1.29 is 13.2 Å². The Bertz CT molecular complexity index is 794. The van der Waals surface area contributed by atoms with Crippen LogP contribution < -0.4 is 5.32 Å². The lowest BCUT2D eigenvalue weighted by Crippen LogP contribution is -2.36.